The maximum absolute atomic E-state index is 4.73. The number of benzene rings is 2. The van der Waals surface area contributed by atoms with E-state index in [0.29, 0.717) is 23.7 Å². The standard InChI is InChI=1S/C28H38N4/c1-19(2)15-29-25-11-9-23(13-27(25)31-17-21(5)6)24-10-12-26(30-16-20(3)4)28(14-24)32-18-22(7)8/h9-22H,1-8H3. The molecule has 0 spiro atoms. The third kappa shape index (κ3) is 8.33. The van der Waals surface area contributed by atoms with Gasteiger partial charge in [0.1, 0.15) is 0 Å². The van der Waals surface area contributed by atoms with Crippen LogP contribution < -0.4 is 0 Å². The third-order valence-corrected chi connectivity index (χ3v) is 4.33. The summed E-state index contributed by atoms with van der Waals surface area (Å²) >= 11 is 0. The lowest BCUT2D eigenvalue weighted by Gasteiger charge is -2.09. The summed E-state index contributed by atoms with van der Waals surface area (Å²) in [5.41, 5.74) is 5.70. The molecule has 0 unspecified atom stereocenters. The summed E-state index contributed by atoms with van der Waals surface area (Å²) in [7, 11) is 0. The molecular weight excluding hydrogens is 392 g/mol. The molecule has 0 N–H and O–H groups in total. The largest absolute Gasteiger partial charge is 0.259 e. The predicted molar refractivity (Wildman–Crippen MR) is 144 cm³/mol. The normalized spacial score (nSPS) is 13.0. The first-order valence-electron chi connectivity index (χ1n) is 11.6. The molecule has 32 heavy (non-hydrogen) atoms. The van der Waals surface area contributed by atoms with Crippen molar-refractivity contribution in [3.8, 4) is 11.1 Å². The molecular formula is C28H38N4. The Morgan fingerprint density at radius 2 is 0.719 bits per heavy atom. The van der Waals surface area contributed by atoms with Crippen molar-refractivity contribution in [2.45, 2.75) is 55.4 Å². The molecule has 0 saturated carbocycles. The highest BCUT2D eigenvalue weighted by molar-refractivity contribution is 5.83. The molecule has 0 heterocycles. The van der Waals surface area contributed by atoms with Gasteiger partial charge < -0.3 is 0 Å². The van der Waals surface area contributed by atoms with Gasteiger partial charge in [0.25, 0.3) is 0 Å². The van der Waals surface area contributed by atoms with Crippen molar-refractivity contribution in [1.29, 1.82) is 0 Å². The molecule has 2 rings (SSSR count). The Hall–Kier alpha value is -2.88. The summed E-state index contributed by atoms with van der Waals surface area (Å²) in [5, 5.41) is 0. The van der Waals surface area contributed by atoms with Crippen LogP contribution in [0.1, 0.15) is 55.4 Å². The first kappa shape index (κ1) is 25.4. The van der Waals surface area contributed by atoms with Crippen molar-refractivity contribution in [1.82, 2.24) is 0 Å². The zero-order valence-electron chi connectivity index (χ0n) is 20.9. The monoisotopic (exact) mass is 430 g/mol. The van der Waals surface area contributed by atoms with Crippen molar-refractivity contribution in [3.63, 3.8) is 0 Å². The van der Waals surface area contributed by atoms with E-state index < -0.39 is 0 Å². The van der Waals surface area contributed by atoms with Crippen LogP contribution in [0.25, 0.3) is 11.1 Å². The topological polar surface area (TPSA) is 49.4 Å². The second-order valence-corrected chi connectivity index (χ2v) is 9.50. The van der Waals surface area contributed by atoms with Gasteiger partial charge in [-0.1, -0.05) is 67.5 Å². The second kappa shape index (κ2) is 12.2. The van der Waals surface area contributed by atoms with Gasteiger partial charge in [-0.25, -0.2) is 0 Å². The second-order valence-electron chi connectivity index (χ2n) is 9.50. The molecule has 0 aromatic heterocycles. The number of aliphatic imine (C=N–C) groups is 4. The van der Waals surface area contributed by atoms with Crippen molar-refractivity contribution in [2.24, 2.45) is 43.6 Å². The number of nitrogens with zero attached hydrogens (tertiary/aromatic N) is 4. The van der Waals surface area contributed by atoms with Crippen molar-refractivity contribution in [3.05, 3.63) is 36.4 Å². The fourth-order valence-corrected chi connectivity index (χ4v) is 2.75. The molecule has 170 valence electrons. The lowest BCUT2D eigenvalue weighted by molar-refractivity contribution is 0.906. The van der Waals surface area contributed by atoms with Crippen LogP contribution in [0.4, 0.5) is 22.7 Å². The van der Waals surface area contributed by atoms with Crippen LogP contribution in [0.5, 0.6) is 0 Å². The molecule has 4 heteroatoms. The van der Waals surface area contributed by atoms with Gasteiger partial charge in [-0.15, -0.1) is 0 Å². The molecule has 0 aliphatic carbocycles. The van der Waals surface area contributed by atoms with E-state index in [0.717, 1.165) is 33.9 Å². The van der Waals surface area contributed by atoms with Crippen molar-refractivity contribution >= 4 is 47.6 Å². The third-order valence-electron chi connectivity index (χ3n) is 4.33. The summed E-state index contributed by atoms with van der Waals surface area (Å²) in [4.78, 5) is 18.8. The van der Waals surface area contributed by atoms with Crippen LogP contribution in [0.3, 0.4) is 0 Å². The molecule has 0 aliphatic heterocycles. The summed E-state index contributed by atoms with van der Waals surface area (Å²) < 4.78 is 0. The highest BCUT2D eigenvalue weighted by Gasteiger charge is 2.08. The predicted octanol–water partition coefficient (Wildman–Crippen LogP) is 8.79. The number of rotatable bonds is 9. The molecule has 0 aliphatic rings. The Bertz CT molecular complexity index is 911. The number of hydrogen-bond donors (Lipinski definition) is 0. The zero-order valence-corrected chi connectivity index (χ0v) is 20.9. The maximum atomic E-state index is 4.73. The SMILES string of the molecule is CC(C)C=Nc1ccc(-c2ccc(N=CC(C)C)c(N=CC(C)C)c2)cc1N=CC(C)C. The van der Waals surface area contributed by atoms with Crippen molar-refractivity contribution < 1.29 is 0 Å². The van der Waals surface area contributed by atoms with Crippen LogP contribution in [0.15, 0.2) is 56.4 Å². The van der Waals surface area contributed by atoms with Gasteiger partial charge in [0.2, 0.25) is 0 Å². The highest BCUT2D eigenvalue weighted by atomic mass is 14.8. The van der Waals surface area contributed by atoms with Gasteiger partial charge in [0.15, 0.2) is 0 Å². The van der Waals surface area contributed by atoms with Crippen LogP contribution >= 0.6 is 0 Å². The fraction of sp³-hybridized carbons (Fsp3) is 0.429. The highest BCUT2D eigenvalue weighted by Crippen LogP contribution is 2.37. The Kier molecular flexibility index (Phi) is 9.70. The summed E-state index contributed by atoms with van der Waals surface area (Å²) in [6, 6.07) is 12.5. The van der Waals surface area contributed by atoms with Gasteiger partial charge in [0.05, 0.1) is 22.7 Å². The van der Waals surface area contributed by atoms with Gasteiger partial charge in [-0.2, -0.15) is 0 Å². The lowest BCUT2D eigenvalue weighted by Crippen LogP contribution is -1.89. The Morgan fingerprint density at radius 1 is 0.438 bits per heavy atom. The molecule has 0 amide bonds. The van der Waals surface area contributed by atoms with Crippen LogP contribution in [-0.4, -0.2) is 24.9 Å². The Labute approximate surface area is 194 Å². The minimum atomic E-state index is 0.371. The van der Waals surface area contributed by atoms with Crippen LogP contribution in [-0.2, 0) is 0 Å². The van der Waals surface area contributed by atoms with E-state index in [9.17, 15) is 0 Å². The first-order valence-corrected chi connectivity index (χ1v) is 11.6. The molecule has 0 fully saturated rings. The molecule has 2 aromatic carbocycles. The fourth-order valence-electron chi connectivity index (χ4n) is 2.75. The van der Waals surface area contributed by atoms with E-state index in [-0.39, 0.29) is 0 Å². The first-order chi connectivity index (χ1) is 15.2. The van der Waals surface area contributed by atoms with E-state index in [1.165, 1.54) is 0 Å². The smallest absolute Gasteiger partial charge is 0.0888 e. The minimum Gasteiger partial charge on any atom is -0.259 e. The molecule has 0 saturated heterocycles. The molecule has 2 aromatic rings. The Morgan fingerprint density at radius 3 is 1.00 bits per heavy atom. The van der Waals surface area contributed by atoms with E-state index in [2.05, 4.69) is 89.6 Å². The molecule has 0 bridgehead atoms. The summed E-state index contributed by atoms with van der Waals surface area (Å²) in [6.45, 7) is 17.0. The molecule has 0 radical (unpaired) electrons. The molecule has 4 nitrogen and oxygen atoms in total. The number of hydrogen-bond acceptors (Lipinski definition) is 4. The average molecular weight is 431 g/mol. The lowest BCUT2D eigenvalue weighted by atomic mass is 10.0. The van der Waals surface area contributed by atoms with Gasteiger partial charge in [-0.3, -0.25) is 20.0 Å². The average Bonchev–Trinajstić information content (AvgIpc) is 2.73. The van der Waals surface area contributed by atoms with Crippen LogP contribution in [0, 0.1) is 23.7 Å². The summed E-state index contributed by atoms with van der Waals surface area (Å²) in [5.74, 6) is 1.51. The van der Waals surface area contributed by atoms with Gasteiger partial charge in [0, 0.05) is 24.9 Å². The minimum absolute atomic E-state index is 0.371. The van der Waals surface area contributed by atoms with E-state index >= 15 is 0 Å². The zero-order chi connectivity index (χ0) is 23.7. The Balaban J connectivity index is 2.55. The van der Waals surface area contributed by atoms with Gasteiger partial charge >= 0.3 is 0 Å². The molecule has 0 atom stereocenters. The summed E-state index contributed by atoms with van der Waals surface area (Å²) in [6.07, 6.45) is 7.86. The maximum Gasteiger partial charge on any atom is 0.0888 e. The van der Waals surface area contributed by atoms with E-state index in [4.69, 9.17) is 9.98 Å². The van der Waals surface area contributed by atoms with E-state index in [1.54, 1.807) is 0 Å². The van der Waals surface area contributed by atoms with Crippen LogP contribution in [0.2, 0.25) is 0 Å². The van der Waals surface area contributed by atoms with Gasteiger partial charge in [-0.05, 0) is 59.1 Å². The van der Waals surface area contributed by atoms with Crippen molar-refractivity contribution in [2.75, 3.05) is 0 Å². The van der Waals surface area contributed by atoms with E-state index in [1.807, 2.05) is 37.0 Å². The quantitative estimate of drug-likeness (QED) is 0.357.